The molecule has 1 rings (SSSR count). The lowest BCUT2D eigenvalue weighted by atomic mass is 9.96. The monoisotopic (exact) mass is 270 g/mol. The van der Waals surface area contributed by atoms with E-state index in [4.69, 9.17) is 20.6 Å². The van der Waals surface area contributed by atoms with Crippen molar-refractivity contribution in [1.82, 2.24) is 0 Å². The Morgan fingerprint density at radius 3 is 2.47 bits per heavy atom. The van der Waals surface area contributed by atoms with E-state index in [2.05, 4.69) is 5.92 Å². The van der Waals surface area contributed by atoms with Gasteiger partial charge < -0.3 is 19.3 Å². The van der Waals surface area contributed by atoms with Gasteiger partial charge in [-0.1, -0.05) is 5.92 Å². The molecule has 0 spiro atoms. The van der Waals surface area contributed by atoms with Crippen LogP contribution >= 0.6 is 0 Å². The van der Waals surface area contributed by atoms with Crippen molar-refractivity contribution in [2.75, 3.05) is 13.2 Å². The molecule has 1 saturated heterocycles. The minimum Gasteiger partial charge on any atom is -0.461 e. The van der Waals surface area contributed by atoms with Crippen molar-refractivity contribution in [2.45, 2.75) is 52.1 Å². The van der Waals surface area contributed by atoms with Crippen LogP contribution in [0.25, 0.3) is 0 Å². The van der Waals surface area contributed by atoms with Crippen molar-refractivity contribution >= 4 is 5.97 Å². The molecule has 1 heterocycles. The smallest absolute Gasteiger partial charge is 0.311 e. The molecule has 2 atom stereocenters. The average Bonchev–Trinajstić information content (AvgIpc) is 2.65. The molecule has 1 aliphatic heterocycles. The van der Waals surface area contributed by atoms with Gasteiger partial charge in [0, 0.05) is 0 Å². The standard InChI is InChI=1S/C14H22O5/c1-7-14(16,9-17-11(15)12(2,3)4)10-8-18-13(5,6)19-10/h1,10,16H,8-9H2,2-6H3/t10-,14-/m1/s1. The van der Waals surface area contributed by atoms with Gasteiger partial charge in [0.1, 0.15) is 12.7 Å². The molecule has 0 amide bonds. The quantitative estimate of drug-likeness (QED) is 0.614. The van der Waals surface area contributed by atoms with Gasteiger partial charge in [-0.2, -0.15) is 0 Å². The van der Waals surface area contributed by atoms with Crippen molar-refractivity contribution in [3.8, 4) is 12.3 Å². The molecule has 19 heavy (non-hydrogen) atoms. The van der Waals surface area contributed by atoms with Gasteiger partial charge in [0.05, 0.1) is 12.0 Å². The van der Waals surface area contributed by atoms with Crippen LogP contribution in [0.2, 0.25) is 0 Å². The molecular formula is C14H22O5. The van der Waals surface area contributed by atoms with Gasteiger partial charge in [-0.3, -0.25) is 4.79 Å². The molecule has 0 unspecified atom stereocenters. The first-order chi connectivity index (χ1) is 8.50. The van der Waals surface area contributed by atoms with E-state index in [1.54, 1.807) is 34.6 Å². The van der Waals surface area contributed by atoms with E-state index in [-0.39, 0.29) is 13.2 Å². The molecule has 0 aromatic heterocycles. The summed E-state index contributed by atoms with van der Waals surface area (Å²) >= 11 is 0. The van der Waals surface area contributed by atoms with Gasteiger partial charge in [-0.25, -0.2) is 0 Å². The van der Waals surface area contributed by atoms with E-state index in [0.29, 0.717) is 0 Å². The summed E-state index contributed by atoms with van der Waals surface area (Å²) in [7, 11) is 0. The summed E-state index contributed by atoms with van der Waals surface area (Å²) in [5.74, 6) is 1.01. The fourth-order valence-corrected chi connectivity index (χ4v) is 1.54. The summed E-state index contributed by atoms with van der Waals surface area (Å²) < 4.78 is 15.9. The first-order valence-electron chi connectivity index (χ1n) is 6.19. The highest BCUT2D eigenvalue weighted by Gasteiger charge is 2.46. The molecular weight excluding hydrogens is 248 g/mol. The lowest BCUT2D eigenvalue weighted by molar-refractivity contribution is -0.177. The van der Waals surface area contributed by atoms with Crippen LogP contribution in [0.3, 0.4) is 0 Å². The van der Waals surface area contributed by atoms with E-state index in [0.717, 1.165) is 0 Å². The Bertz CT molecular complexity index is 388. The normalized spacial score (nSPS) is 25.4. The molecule has 5 nitrogen and oxygen atoms in total. The Balaban J connectivity index is 2.68. The Kier molecular flexibility index (Phi) is 4.30. The molecule has 0 saturated carbocycles. The maximum atomic E-state index is 11.7. The molecule has 5 heteroatoms. The molecule has 0 aromatic rings. The van der Waals surface area contributed by atoms with Crippen LogP contribution in [0, 0.1) is 17.8 Å². The van der Waals surface area contributed by atoms with E-state index in [1.807, 2.05) is 0 Å². The second-order valence-electron chi connectivity index (χ2n) is 6.21. The third kappa shape index (κ3) is 3.93. The van der Waals surface area contributed by atoms with Crippen molar-refractivity contribution in [1.29, 1.82) is 0 Å². The Hall–Kier alpha value is -1.09. The third-order valence-corrected chi connectivity index (χ3v) is 2.83. The van der Waals surface area contributed by atoms with Crippen LogP contribution in [-0.2, 0) is 19.0 Å². The number of ether oxygens (including phenoxy) is 3. The van der Waals surface area contributed by atoms with Crippen molar-refractivity contribution in [3.05, 3.63) is 0 Å². The maximum absolute atomic E-state index is 11.7. The van der Waals surface area contributed by atoms with Crippen LogP contribution in [0.5, 0.6) is 0 Å². The van der Waals surface area contributed by atoms with Crippen LogP contribution in [0.15, 0.2) is 0 Å². The molecule has 1 aliphatic rings. The average molecular weight is 270 g/mol. The van der Waals surface area contributed by atoms with Gasteiger partial charge in [-0.15, -0.1) is 6.42 Å². The Morgan fingerprint density at radius 2 is 2.11 bits per heavy atom. The lowest BCUT2D eigenvalue weighted by Gasteiger charge is -2.29. The van der Waals surface area contributed by atoms with Crippen molar-refractivity contribution in [3.63, 3.8) is 0 Å². The zero-order chi connectivity index (χ0) is 14.9. The molecule has 0 bridgehead atoms. The SMILES string of the molecule is C#C[C@@](O)(COC(=O)C(C)(C)C)[C@H]1COC(C)(C)O1. The first-order valence-corrected chi connectivity index (χ1v) is 6.19. The molecule has 108 valence electrons. The van der Waals surface area contributed by atoms with Crippen LogP contribution in [-0.4, -0.2) is 41.8 Å². The minimum absolute atomic E-state index is 0.154. The highest BCUT2D eigenvalue weighted by Crippen LogP contribution is 2.29. The number of carbonyl (C=O) groups excluding carboxylic acids is 1. The van der Waals surface area contributed by atoms with Crippen LogP contribution in [0.1, 0.15) is 34.6 Å². The first kappa shape index (κ1) is 16.0. The van der Waals surface area contributed by atoms with Crippen LogP contribution in [0.4, 0.5) is 0 Å². The number of aliphatic hydroxyl groups is 1. The van der Waals surface area contributed by atoms with E-state index >= 15 is 0 Å². The fraction of sp³-hybridized carbons (Fsp3) is 0.786. The predicted molar refractivity (Wildman–Crippen MR) is 69.1 cm³/mol. The fourth-order valence-electron chi connectivity index (χ4n) is 1.54. The Labute approximate surface area is 114 Å². The van der Waals surface area contributed by atoms with E-state index < -0.39 is 28.9 Å². The van der Waals surface area contributed by atoms with Gasteiger partial charge >= 0.3 is 5.97 Å². The summed E-state index contributed by atoms with van der Waals surface area (Å²) in [6, 6.07) is 0. The summed E-state index contributed by atoms with van der Waals surface area (Å²) in [6.07, 6.45) is 4.62. The van der Waals surface area contributed by atoms with Gasteiger partial charge in [0.15, 0.2) is 11.4 Å². The predicted octanol–water partition coefficient (Wildman–Crippen LogP) is 1.09. The molecule has 1 fully saturated rings. The molecule has 1 N–H and O–H groups in total. The second-order valence-corrected chi connectivity index (χ2v) is 6.21. The van der Waals surface area contributed by atoms with E-state index in [9.17, 15) is 9.90 Å². The Morgan fingerprint density at radius 1 is 1.53 bits per heavy atom. The molecule has 0 aromatic carbocycles. The summed E-state index contributed by atoms with van der Waals surface area (Å²) in [4.78, 5) is 11.7. The number of esters is 1. The number of terminal acetylenes is 1. The summed E-state index contributed by atoms with van der Waals surface area (Å²) in [5, 5.41) is 10.3. The zero-order valence-corrected chi connectivity index (χ0v) is 12.1. The second kappa shape index (κ2) is 5.12. The van der Waals surface area contributed by atoms with E-state index in [1.165, 1.54) is 0 Å². The lowest BCUT2D eigenvalue weighted by Crippen LogP contribution is -2.48. The van der Waals surface area contributed by atoms with Gasteiger partial charge in [0.25, 0.3) is 0 Å². The summed E-state index contributed by atoms with van der Waals surface area (Å²) in [5.41, 5.74) is -2.34. The number of rotatable bonds is 3. The molecule has 0 aliphatic carbocycles. The van der Waals surface area contributed by atoms with Crippen molar-refractivity contribution < 1.29 is 24.1 Å². The van der Waals surface area contributed by atoms with Gasteiger partial charge in [-0.05, 0) is 34.6 Å². The third-order valence-electron chi connectivity index (χ3n) is 2.83. The minimum atomic E-state index is -1.69. The highest BCUT2D eigenvalue weighted by atomic mass is 16.7. The number of hydrogen-bond acceptors (Lipinski definition) is 5. The van der Waals surface area contributed by atoms with Crippen LogP contribution < -0.4 is 0 Å². The zero-order valence-electron chi connectivity index (χ0n) is 12.1. The summed E-state index contributed by atoms with van der Waals surface area (Å²) in [6.45, 7) is 8.47. The van der Waals surface area contributed by atoms with Gasteiger partial charge in [0.2, 0.25) is 0 Å². The topological polar surface area (TPSA) is 65.0 Å². The maximum Gasteiger partial charge on any atom is 0.311 e. The number of carbonyl (C=O) groups is 1. The largest absolute Gasteiger partial charge is 0.461 e. The number of hydrogen-bond donors (Lipinski definition) is 1. The molecule has 0 radical (unpaired) electrons. The highest BCUT2D eigenvalue weighted by molar-refractivity contribution is 5.75. The van der Waals surface area contributed by atoms with Crippen molar-refractivity contribution in [2.24, 2.45) is 5.41 Å².